The molecule has 3 rings (SSSR count). The molecule has 2 saturated heterocycles. The molecule has 22 heavy (non-hydrogen) atoms. The standard InChI is InChI=1S/C15H18ClN3O3/c16-10-3-1-2-9(4-10)6-17-11-5-13-14(21)18-12(8-20)15(22)19(13)7-11/h1-4,11-13,17,20H,5-8H2,(H,18,21)/t11-,12+,13-/m0/s1. The molecule has 2 amide bonds. The molecule has 7 heteroatoms. The molecular weight excluding hydrogens is 306 g/mol. The van der Waals surface area contributed by atoms with Crippen LogP contribution in [-0.4, -0.2) is 53.1 Å². The maximum Gasteiger partial charge on any atom is 0.248 e. The van der Waals surface area contributed by atoms with Gasteiger partial charge in [0.2, 0.25) is 11.8 Å². The van der Waals surface area contributed by atoms with Gasteiger partial charge < -0.3 is 20.6 Å². The van der Waals surface area contributed by atoms with Crippen molar-refractivity contribution in [3.05, 3.63) is 34.9 Å². The van der Waals surface area contributed by atoms with Crippen LogP contribution in [0, 0.1) is 0 Å². The van der Waals surface area contributed by atoms with Crippen molar-refractivity contribution < 1.29 is 14.7 Å². The molecule has 1 aromatic carbocycles. The lowest BCUT2D eigenvalue weighted by molar-refractivity contribution is -0.148. The Labute approximate surface area is 133 Å². The summed E-state index contributed by atoms with van der Waals surface area (Å²) in [5, 5.41) is 15.8. The zero-order valence-electron chi connectivity index (χ0n) is 12.0. The van der Waals surface area contributed by atoms with Crippen molar-refractivity contribution in [2.24, 2.45) is 0 Å². The lowest BCUT2D eigenvalue weighted by Crippen LogP contribution is -2.62. The van der Waals surface area contributed by atoms with Gasteiger partial charge in [-0.2, -0.15) is 0 Å². The highest BCUT2D eigenvalue weighted by Gasteiger charge is 2.45. The predicted molar refractivity (Wildman–Crippen MR) is 81.2 cm³/mol. The molecule has 0 spiro atoms. The van der Waals surface area contributed by atoms with E-state index in [-0.39, 0.29) is 24.5 Å². The monoisotopic (exact) mass is 323 g/mol. The van der Waals surface area contributed by atoms with Crippen LogP contribution in [0.1, 0.15) is 12.0 Å². The number of carbonyl (C=O) groups is 2. The van der Waals surface area contributed by atoms with Crippen molar-refractivity contribution in [3.63, 3.8) is 0 Å². The highest BCUT2D eigenvalue weighted by atomic mass is 35.5. The normalized spacial score (nSPS) is 27.7. The Morgan fingerprint density at radius 2 is 2.23 bits per heavy atom. The molecule has 1 aromatic rings. The summed E-state index contributed by atoms with van der Waals surface area (Å²) < 4.78 is 0. The Kier molecular flexibility index (Phi) is 4.33. The topological polar surface area (TPSA) is 81.7 Å². The number of fused-ring (bicyclic) bond motifs is 1. The average Bonchev–Trinajstić information content (AvgIpc) is 2.94. The van der Waals surface area contributed by atoms with Crippen LogP contribution in [0.5, 0.6) is 0 Å². The van der Waals surface area contributed by atoms with E-state index in [1.807, 2.05) is 24.3 Å². The van der Waals surface area contributed by atoms with Crippen LogP contribution in [0.2, 0.25) is 5.02 Å². The van der Waals surface area contributed by atoms with Gasteiger partial charge in [-0.05, 0) is 24.1 Å². The first-order valence-electron chi connectivity index (χ1n) is 7.28. The van der Waals surface area contributed by atoms with Crippen molar-refractivity contribution in [3.8, 4) is 0 Å². The Balaban J connectivity index is 1.62. The van der Waals surface area contributed by atoms with Crippen LogP contribution >= 0.6 is 11.6 Å². The Hall–Kier alpha value is -1.63. The second-order valence-electron chi connectivity index (χ2n) is 5.69. The highest BCUT2D eigenvalue weighted by molar-refractivity contribution is 6.30. The molecule has 2 fully saturated rings. The Morgan fingerprint density at radius 3 is 2.95 bits per heavy atom. The molecule has 0 aliphatic carbocycles. The first-order valence-corrected chi connectivity index (χ1v) is 7.66. The lowest BCUT2D eigenvalue weighted by atomic mass is 10.1. The molecule has 3 atom stereocenters. The van der Waals surface area contributed by atoms with Gasteiger partial charge in [0.05, 0.1) is 6.61 Å². The molecule has 2 aliphatic heterocycles. The largest absolute Gasteiger partial charge is 0.394 e. The summed E-state index contributed by atoms with van der Waals surface area (Å²) in [5.41, 5.74) is 1.06. The van der Waals surface area contributed by atoms with Gasteiger partial charge in [0.15, 0.2) is 0 Å². The fraction of sp³-hybridized carbons (Fsp3) is 0.467. The third-order valence-electron chi connectivity index (χ3n) is 4.17. The van der Waals surface area contributed by atoms with Crippen LogP contribution in [0.3, 0.4) is 0 Å². The van der Waals surface area contributed by atoms with Crippen molar-refractivity contribution in [2.75, 3.05) is 13.2 Å². The van der Waals surface area contributed by atoms with Crippen LogP contribution in [-0.2, 0) is 16.1 Å². The summed E-state index contributed by atoms with van der Waals surface area (Å²) in [5.74, 6) is -0.398. The molecule has 0 bridgehead atoms. The fourth-order valence-electron chi connectivity index (χ4n) is 3.04. The quantitative estimate of drug-likeness (QED) is 0.722. The number of hydrogen-bond acceptors (Lipinski definition) is 4. The van der Waals surface area contributed by atoms with Gasteiger partial charge in [0.1, 0.15) is 12.1 Å². The van der Waals surface area contributed by atoms with Gasteiger partial charge in [-0.25, -0.2) is 0 Å². The van der Waals surface area contributed by atoms with E-state index in [1.54, 1.807) is 4.90 Å². The van der Waals surface area contributed by atoms with E-state index in [9.17, 15) is 9.59 Å². The number of nitrogens with one attached hydrogen (secondary N) is 2. The number of benzene rings is 1. The van der Waals surface area contributed by atoms with Crippen LogP contribution < -0.4 is 10.6 Å². The molecule has 0 aromatic heterocycles. The molecule has 2 heterocycles. The van der Waals surface area contributed by atoms with E-state index in [2.05, 4.69) is 10.6 Å². The highest BCUT2D eigenvalue weighted by Crippen LogP contribution is 2.23. The Bertz CT molecular complexity index is 595. The molecular formula is C15H18ClN3O3. The predicted octanol–water partition coefficient (Wildman–Crippen LogP) is -0.110. The number of amides is 2. The van der Waals surface area contributed by atoms with E-state index in [4.69, 9.17) is 16.7 Å². The summed E-state index contributed by atoms with van der Waals surface area (Å²) in [4.78, 5) is 25.7. The summed E-state index contributed by atoms with van der Waals surface area (Å²) in [7, 11) is 0. The summed E-state index contributed by atoms with van der Waals surface area (Å²) in [6, 6.07) is 6.37. The van der Waals surface area contributed by atoms with Crippen LogP contribution in [0.25, 0.3) is 0 Å². The molecule has 0 saturated carbocycles. The minimum atomic E-state index is -0.810. The van der Waals surface area contributed by atoms with Crippen molar-refractivity contribution in [2.45, 2.75) is 31.1 Å². The SMILES string of the molecule is O=C1N[C@H](CO)C(=O)N2C[C@@H](NCc3cccc(Cl)c3)C[C@@H]12. The van der Waals surface area contributed by atoms with Crippen molar-refractivity contribution in [1.29, 1.82) is 0 Å². The van der Waals surface area contributed by atoms with Gasteiger partial charge in [-0.1, -0.05) is 23.7 Å². The van der Waals surface area contributed by atoms with Gasteiger partial charge >= 0.3 is 0 Å². The number of hydrogen-bond donors (Lipinski definition) is 3. The number of carbonyl (C=O) groups excluding carboxylic acids is 2. The third kappa shape index (κ3) is 2.95. The minimum Gasteiger partial charge on any atom is -0.394 e. The second-order valence-corrected chi connectivity index (χ2v) is 6.13. The van der Waals surface area contributed by atoms with Crippen LogP contribution in [0.4, 0.5) is 0 Å². The number of aliphatic hydroxyl groups excluding tert-OH is 1. The fourth-order valence-corrected chi connectivity index (χ4v) is 3.25. The first-order chi connectivity index (χ1) is 10.6. The molecule has 118 valence electrons. The number of nitrogens with zero attached hydrogens (tertiary/aromatic N) is 1. The van der Waals surface area contributed by atoms with Crippen molar-refractivity contribution in [1.82, 2.24) is 15.5 Å². The van der Waals surface area contributed by atoms with Gasteiger partial charge in [0.25, 0.3) is 0 Å². The third-order valence-corrected chi connectivity index (χ3v) is 4.40. The van der Waals surface area contributed by atoms with E-state index < -0.39 is 12.1 Å². The van der Waals surface area contributed by atoms with E-state index in [0.29, 0.717) is 24.5 Å². The molecule has 6 nitrogen and oxygen atoms in total. The van der Waals surface area contributed by atoms with Gasteiger partial charge in [-0.15, -0.1) is 0 Å². The first kappa shape index (κ1) is 15.3. The Morgan fingerprint density at radius 1 is 1.41 bits per heavy atom. The summed E-state index contributed by atoms with van der Waals surface area (Å²) in [6.45, 7) is 0.743. The summed E-state index contributed by atoms with van der Waals surface area (Å²) in [6.07, 6.45) is 0.580. The maximum absolute atomic E-state index is 12.2. The van der Waals surface area contributed by atoms with E-state index in [1.165, 1.54) is 0 Å². The molecule has 0 radical (unpaired) electrons. The van der Waals surface area contributed by atoms with Gasteiger partial charge in [0, 0.05) is 24.2 Å². The number of halogens is 1. The molecule has 0 unspecified atom stereocenters. The number of rotatable bonds is 4. The molecule has 3 N–H and O–H groups in total. The zero-order valence-corrected chi connectivity index (χ0v) is 12.7. The van der Waals surface area contributed by atoms with E-state index >= 15 is 0 Å². The number of piperazine rings is 1. The molecule has 2 aliphatic rings. The minimum absolute atomic E-state index is 0.0520. The maximum atomic E-state index is 12.2. The van der Waals surface area contributed by atoms with Crippen LogP contribution in [0.15, 0.2) is 24.3 Å². The van der Waals surface area contributed by atoms with E-state index in [0.717, 1.165) is 5.56 Å². The number of aliphatic hydroxyl groups is 1. The average molecular weight is 324 g/mol. The smallest absolute Gasteiger partial charge is 0.248 e. The van der Waals surface area contributed by atoms with Gasteiger partial charge in [-0.3, -0.25) is 9.59 Å². The second kappa shape index (κ2) is 6.24. The van der Waals surface area contributed by atoms with Crippen molar-refractivity contribution >= 4 is 23.4 Å². The lowest BCUT2D eigenvalue weighted by Gasteiger charge is -2.33. The zero-order chi connectivity index (χ0) is 15.7. The summed E-state index contributed by atoms with van der Waals surface area (Å²) >= 11 is 5.95.